The number of carbonyl (C=O) groups excluding carboxylic acids is 1. The molecule has 3 aromatic rings. The number of thioether (sulfide) groups is 1. The number of benzene rings is 2. The van der Waals surface area contributed by atoms with Crippen LogP contribution in [-0.4, -0.2) is 55.8 Å². The topological polar surface area (TPSA) is 45.7 Å². The van der Waals surface area contributed by atoms with E-state index in [1.54, 1.807) is 11.8 Å². The van der Waals surface area contributed by atoms with Crippen molar-refractivity contribution >= 4 is 56.8 Å². The molecular weight excluding hydrogens is 438 g/mol. The molecule has 0 saturated carbocycles. The van der Waals surface area contributed by atoms with Gasteiger partial charge in [0, 0.05) is 11.4 Å². The van der Waals surface area contributed by atoms with Gasteiger partial charge in [-0.3, -0.25) is 9.69 Å². The third-order valence-electron chi connectivity index (χ3n) is 4.46. The standard InChI is InChI=1S/C22H27N3O2S2.ClH/c1-5-27-16-11-12-18-20(15-16)29-22(23-18)25(14-8-13-24(2)3)21(26)17-9-6-7-10-19(17)28-4;/h6-7,9-12,15H,5,8,13-14H2,1-4H3;1H. The molecule has 0 radical (unpaired) electrons. The summed E-state index contributed by atoms with van der Waals surface area (Å²) in [6.07, 6.45) is 2.87. The zero-order chi connectivity index (χ0) is 20.8. The molecule has 1 aromatic heterocycles. The van der Waals surface area contributed by atoms with Crippen LogP contribution in [0.1, 0.15) is 23.7 Å². The monoisotopic (exact) mass is 465 g/mol. The van der Waals surface area contributed by atoms with Gasteiger partial charge in [0.25, 0.3) is 5.91 Å². The van der Waals surface area contributed by atoms with Crippen molar-refractivity contribution in [3.8, 4) is 5.75 Å². The van der Waals surface area contributed by atoms with Crippen molar-refractivity contribution in [2.75, 3.05) is 44.9 Å². The summed E-state index contributed by atoms with van der Waals surface area (Å²) in [5, 5.41) is 0.730. The second-order valence-electron chi connectivity index (χ2n) is 6.87. The highest BCUT2D eigenvalue weighted by Crippen LogP contribution is 2.33. The van der Waals surface area contributed by atoms with Crippen LogP contribution in [0.25, 0.3) is 10.2 Å². The minimum absolute atomic E-state index is 0. The van der Waals surface area contributed by atoms with Crippen LogP contribution in [0.5, 0.6) is 5.75 Å². The van der Waals surface area contributed by atoms with E-state index >= 15 is 0 Å². The number of halogens is 1. The molecule has 0 aliphatic rings. The largest absolute Gasteiger partial charge is 0.494 e. The molecule has 0 spiro atoms. The van der Waals surface area contributed by atoms with E-state index in [-0.39, 0.29) is 18.3 Å². The van der Waals surface area contributed by atoms with Crippen LogP contribution in [0, 0.1) is 0 Å². The number of ether oxygens (including phenoxy) is 1. The third-order valence-corrected chi connectivity index (χ3v) is 6.30. The summed E-state index contributed by atoms with van der Waals surface area (Å²) in [5.74, 6) is 0.825. The van der Waals surface area contributed by atoms with Gasteiger partial charge >= 0.3 is 0 Å². The maximum atomic E-state index is 13.5. The van der Waals surface area contributed by atoms with Crippen LogP contribution in [0.3, 0.4) is 0 Å². The molecule has 0 unspecified atom stereocenters. The first kappa shape index (κ1) is 24.5. The zero-order valence-corrected chi connectivity index (χ0v) is 20.2. The number of amides is 1. The normalized spacial score (nSPS) is 10.8. The van der Waals surface area contributed by atoms with Gasteiger partial charge in [-0.15, -0.1) is 24.2 Å². The SMILES string of the molecule is CCOc1ccc2nc(N(CCCN(C)C)C(=O)c3ccccc3SC)sc2c1.Cl. The van der Waals surface area contributed by atoms with Crippen LogP contribution in [0.2, 0.25) is 0 Å². The fourth-order valence-corrected chi connectivity index (χ4v) is 4.67. The molecule has 8 heteroatoms. The van der Waals surface area contributed by atoms with E-state index in [2.05, 4.69) is 4.90 Å². The van der Waals surface area contributed by atoms with E-state index in [0.29, 0.717) is 13.2 Å². The first-order chi connectivity index (χ1) is 14.0. The van der Waals surface area contributed by atoms with Gasteiger partial charge in [0.15, 0.2) is 5.13 Å². The predicted molar refractivity (Wildman–Crippen MR) is 131 cm³/mol. The van der Waals surface area contributed by atoms with E-state index in [9.17, 15) is 4.79 Å². The van der Waals surface area contributed by atoms with Crippen molar-refractivity contribution < 1.29 is 9.53 Å². The van der Waals surface area contributed by atoms with Crippen molar-refractivity contribution in [1.82, 2.24) is 9.88 Å². The highest BCUT2D eigenvalue weighted by molar-refractivity contribution is 7.98. The molecule has 0 fully saturated rings. The van der Waals surface area contributed by atoms with E-state index in [1.807, 2.05) is 74.6 Å². The Morgan fingerprint density at radius 1 is 1.17 bits per heavy atom. The molecule has 2 aromatic carbocycles. The number of nitrogens with zero attached hydrogens (tertiary/aromatic N) is 3. The molecule has 5 nitrogen and oxygen atoms in total. The fraction of sp³-hybridized carbons (Fsp3) is 0.364. The lowest BCUT2D eigenvalue weighted by molar-refractivity contribution is 0.0983. The molecule has 0 atom stereocenters. The summed E-state index contributed by atoms with van der Waals surface area (Å²) in [5.41, 5.74) is 1.61. The lowest BCUT2D eigenvalue weighted by Crippen LogP contribution is -2.33. The van der Waals surface area contributed by atoms with Gasteiger partial charge in [-0.05, 0) is 70.6 Å². The Hall–Kier alpha value is -1.80. The maximum absolute atomic E-state index is 13.5. The Labute approximate surface area is 192 Å². The van der Waals surface area contributed by atoms with Gasteiger partial charge in [0.05, 0.1) is 22.4 Å². The molecule has 0 bridgehead atoms. The van der Waals surface area contributed by atoms with E-state index < -0.39 is 0 Å². The van der Waals surface area contributed by atoms with Crippen molar-refractivity contribution in [3.05, 3.63) is 48.0 Å². The number of aromatic nitrogens is 1. The number of fused-ring (bicyclic) bond motifs is 1. The minimum Gasteiger partial charge on any atom is -0.494 e. The van der Waals surface area contributed by atoms with Crippen LogP contribution < -0.4 is 9.64 Å². The number of thiazole rings is 1. The number of rotatable bonds is 9. The Morgan fingerprint density at radius 2 is 1.93 bits per heavy atom. The second kappa shape index (κ2) is 11.6. The average molecular weight is 466 g/mol. The first-order valence-corrected chi connectivity index (χ1v) is 11.7. The lowest BCUT2D eigenvalue weighted by Gasteiger charge is -2.22. The molecule has 30 heavy (non-hydrogen) atoms. The summed E-state index contributed by atoms with van der Waals surface area (Å²) in [6, 6.07) is 13.6. The summed E-state index contributed by atoms with van der Waals surface area (Å²) in [6.45, 7) is 4.12. The molecule has 0 aliphatic heterocycles. The quantitative estimate of drug-likeness (QED) is 0.394. The Balaban J connectivity index is 0.00000320. The second-order valence-corrected chi connectivity index (χ2v) is 8.73. The van der Waals surface area contributed by atoms with Crippen LogP contribution in [-0.2, 0) is 0 Å². The van der Waals surface area contributed by atoms with Gasteiger partial charge in [-0.2, -0.15) is 0 Å². The number of hydrogen-bond acceptors (Lipinski definition) is 6. The van der Waals surface area contributed by atoms with Crippen LogP contribution >= 0.6 is 35.5 Å². The highest BCUT2D eigenvalue weighted by atomic mass is 35.5. The van der Waals surface area contributed by atoms with Gasteiger partial charge < -0.3 is 9.64 Å². The van der Waals surface area contributed by atoms with Crippen molar-refractivity contribution in [1.29, 1.82) is 0 Å². The molecule has 0 N–H and O–H groups in total. The molecule has 3 rings (SSSR count). The van der Waals surface area contributed by atoms with Gasteiger partial charge in [0.1, 0.15) is 5.75 Å². The van der Waals surface area contributed by atoms with Crippen LogP contribution in [0.15, 0.2) is 47.4 Å². The Morgan fingerprint density at radius 3 is 2.63 bits per heavy atom. The third kappa shape index (κ3) is 5.88. The van der Waals surface area contributed by atoms with Gasteiger partial charge in [0.2, 0.25) is 0 Å². The maximum Gasteiger partial charge on any atom is 0.261 e. The molecule has 1 amide bonds. The molecule has 162 valence electrons. The smallest absolute Gasteiger partial charge is 0.261 e. The average Bonchev–Trinajstić information content (AvgIpc) is 3.13. The molecule has 0 saturated heterocycles. The van der Waals surface area contributed by atoms with Crippen molar-refractivity contribution in [2.45, 2.75) is 18.2 Å². The lowest BCUT2D eigenvalue weighted by atomic mass is 10.2. The van der Waals surface area contributed by atoms with Crippen molar-refractivity contribution in [3.63, 3.8) is 0 Å². The van der Waals surface area contributed by atoms with E-state index in [1.165, 1.54) is 11.3 Å². The number of hydrogen-bond donors (Lipinski definition) is 0. The number of anilines is 1. The molecule has 1 heterocycles. The Bertz CT molecular complexity index is 978. The van der Waals surface area contributed by atoms with Crippen molar-refractivity contribution in [2.24, 2.45) is 0 Å². The summed E-state index contributed by atoms with van der Waals surface area (Å²) in [7, 11) is 4.09. The zero-order valence-electron chi connectivity index (χ0n) is 17.8. The van der Waals surface area contributed by atoms with Crippen LogP contribution in [0.4, 0.5) is 5.13 Å². The summed E-state index contributed by atoms with van der Waals surface area (Å²) < 4.78 is 6.63. The fourth-order valence-electron chi connectivity index (χ4n) is 3.06. The molecule has 0 aliphatic carbocycles. The minimum atomic E-state index is -0.00204. The highest BCUT2D eigenvalue weighted by Gasteiger charge is 2.23. The van der Waals surface area contributed by atoms with E-state index in [4.69, 9.17) is 9.72 Å². The van der Waals surface area contributed by atoms with E-state index in [0.717, 1.165) is 44.5 Å². The summed E-state index contributed by atoms with van der Waals surface area (Å²) >= 11 is 3.12. The Kier molecular flexibility index (Phi) is 9.42. The molecular formula is C22H28ClN3O2S2. The summed E-state index contributed by atoms with van der Waals surface area (Å²) in [4.78, 5) is 23.2. The number of carbonyl (C=O) groups is 1. The first-order valence-electron chi connectivity index (χ1n) is 9.66. The van der Waals surface area contributed by atoms with Gasteiger partial charge in [-0.25, -0.2) is 4.98 Å². The van der Waals surface area contributed by atoms with Gasteiger partial charge in [-0.1, -0.05) is 23.5 Å². The predicted octanol–water partition coefficient (Wildman–Crippen LogP) is 5.44.